The van der Waals surface area contributed by atoms with Gasteiger partial charge in [-0.05, 0) is 47.3 Å². The number of rotatable bonds is 8. The van der Waals surface area contributed by atoms with Gasteiger partial charge in [0.05, 0.1) is 11.3 Å². The lowest BCUT2D eigenvalue weighted by atomic mass is 10.2. The molecular weight excluding hydrogens is 340 g/mol. The minimum atomic E-state index is -1.09. The predicted molar refractivity (Wildman–Crippen MR) is 83.8 cm³/mol. The van der Waals surface area contributed by atoms with Gasteiger partial charge in [0.15, 0.2) is 0 Å². The molecule has 0 saturated heterocycles. The molecule has 0 spiro atoms. The Bertz CT molecular complexity index is 494. The number of urea groups is 1. The number of carbonyl (C=O) groups is 2. The maximum atomic E-state index is 11.8. The van der Waals surface area contributed by atoms with Crippen molar-refractivity contribution in [3.05, 3.63) is 28.2 Å². The molecule has 0 aliphatic heterocycles. The number of anilines is 1. The summed E-state index contributed by atoms with van der Waals surface area (Å²) < 4.78 is 5.46. The van der Waals surface area contributed by atoms with Crippen LogP contribution in [-0.2, 0) is 4.74 Å². The number of halogens is 1. The SMILES string of the molecule is COCCCCCNC(=O)Nc1c(Br)cccc1C(=O)O. The van der Waals surface area contributed by atoms with Crippen LogP contribution >= 0.6 is 15.9 Å². The van der Waals surface area contributed by atoms with E-state index < -0.39 is 12.0 Å². The van der Waals surface area contributed by atoms with E-state index in [0.717, 1.165) is 19.3 Å². The average Bonchev–Trinajstić information content (AvgIpc) is 2.44. The molecule has 0 fully saturated rings. The molecule has 0 heterocycles. The molecule has 21 heavy (non-hydrogen) atoms. The van der Waals surface area contributed by atoms with Crippen molar-refractivity contribution >= 4 is 33.6 Å². The van der Waals surface area contributed by atoms with Gasteiger partial charge in [-0.15, -0.1) is 0 Å². The highest BCUT2D eigenvalue weighted by Gasteiger charge is 2.14. The van der Waals surface area contributed by atoms with Crippen LogP contribution in [0.2, 0.25) is 0 Å². The molecule has 0 bridgehead atoms. The van der Waals surface area contributed by atoms with Gasteiger partial charge in [0.1, 0.15) is 0 Å². The van der Waals surface area contributed by atoms with Crippen LogP contribution in [0.5, 0.6) is 0 Å². The zero-order valence-electron chi connectivity index (χ0n) is 11.8. The van der Waals surface area contributed by atoms with Crippen molar-refractivity contribution in [1.82, 2.24) is 5.32 Å². The van der Waals surface area contributed by atoms with Crippen LogP contribution in [0.1, 0.15) is 29.6 Å². The first-order valence-electron chi connectivity index (χ1n) is 6.62. The summed E-state index contributed by atoms with van der Waals surface area (Å²) in [6.45, 7) is 1.24. The Morgan fingerprint density at radius 3 is 2.71 bits per heavy atom. The third kappa shape index (κ3) is 6.14. The normalized spacial score (nSPS) is 10.2. The monoisotopic (exact) mass is 358 g/mol. The predicted octanol–water partition coefficient (Wildman–Crippen LogP) is 3.09. The lowest BCUT2D eigenvalue weighted by Crippen LogP contribution is -2.30. The van der Waals surface area contributed by atoms with E-state index in [9.17, 15) is 9.59 Å². The van der Waals surface area contributed by atoms with E-state index >= 15 is 0 Å². The van der Waals surface area contributed by atoms with Crippen LogP contribution in [0.25, 0.3) is 0 Å². The molecule has 3 N–H and O–H groups in total. The van der Waals surface area contributed by atoms with E-state index in [1.165, 1.54) is 6.07 Å². The third-order valence-corrected chi connectivity index (χ3v) is 3.45. The highest BCUT2D eigenvalue weighted by Crippen LogP contribution is 2.26. The van der Waals surface area contributed by atoms with Crippen molar-refractivity contribution in [2.24, 2.45) is 0 Å². The minimum absolute atomic E-state index is 0.0413. The Balaban J connectivity index is 2.46. The molecule has 7 heteroatoms. The number of methoxy groups -OCH3 is 1. The molecular formula is C14H19BrN2O4. The maximum Gasteiger partial charge on any atom is 0.337 e. The molecule has 2 amide bonds. The largest absolute Gasteiger partial charge is 0.478 e. The van der Waals surface area contributed by atoms with E-state index in [0.29, 0.717) is 17.6 Å². The topological polar surface area (TPSA) is 87.7 Å². The van der Waals surface area contributed by atoms with Gasteiger partial charge < -0.3 is 20.5 Å². The van der Waals surface area contributed by atoms with Crippen molar-refractivity contribution in [2.75, 3.05) is 25.6 Å². The molecule has 1 aromatic rings. The number of ether oxygens (including phenoxy) is 1. The lowest BCUT2D eigenvalue weighted by molar-refractivity contribution is 0.0698. The average molecular weight is 359 g/mol. The summed E-state index contributed by atoms with van der Waals surface area (Å²) in [4.78, 5) is 22.9. The second-order valence-corrected chi connectivity index (χ2v) is 5.26. The smallest absolute Gasteiger partial charge is 0.337 e. The molecule has 0 aromatic heterocycles. The molecule has 0 unspecified atom stereocenters. The van der Waals surface area contributed by atoms with Gasteiger partial charge in [0, 0.05) is 24.7 Å². The quantitative estimate of drug-likeness (QED) is 0.623. The fourth-order valence-corrected chi connectivity index (χ4v) is 2.20. The molecule has 0 atom stereocenters. The van der Waals surface area contributed by atoms with Crippen LogP contribution in [-0.4, -0.2) is 37.4 Å². The van der Waals surface area contributed by atoms with Gasteiger partial charge in [0.2, 0.25) is 0 Å². The standard InChI is InChI=1S/C14H19BrN2O4/c1-21-9-4-2-3-8-16-14(20)17-12-10(13(18)19)6-5-7-11(12)15/h5-7H,2-4,8-9H2,1H3,(H,18,19)(H2,16,17,20). The number of carboxylic acids is 1. The van der Waals surface area contributed by atoms with Crippen molar-refractivity contribution in [2.45, 2.75) is 19.3 Å². The highest BCUT2D eigenvalue weighted by atomic mass is 79.9. The number of hydrogen-bond donors (Lipinski definition) is 3. The number of unbranched alkanes of at least 4 members (excludes halogenated alkanes) is 2. The summed E-state index contributed by atoms with van der Waals surface area (Å²) in [5.74, 6) is -1.09. The maximum absolute atomic E-state index is 11.8. The zero-order chi connectivity index (χ0) is 15.7. The summed E-state index contributed by atoms with van der Waals surface area (Å²) in [5.41, 5.74) is 0.293. The van der Waals surface area contributed by atoms with Gasteiger partial charge in [0.25, 0.3) is 0 Å². The van der Waals surface area contributed by atoms with Crippen molar-refractivity contribution < 1.29 is 19.4 Å². The van der Waals surface area contributed by atoms with Crippen LogP contribution in [0, 0.1) is 0 Å². The van der Waals surface area contributed by atoms with E-state index in [4.69, 9.17) is 9.84 Å². The van der Waals surface area contributed by atoms with Gasteiger partial charge in [-0.1, -0.05) is 6.07 Å². The van der Waals surface area contributed by atoms with Crippen LogP contribution in [0.3, 0.4) is 0 Å². The molecule has 0 saturated carbocycles. The molecule has 116 valence electrons. The van der Waals surface area contributed by atoms with Crippen LogP contribution in [0.4, 0.5) is 10.5 Å². The molecule has 0 aliphatic carbocycles. The second kappa shape index (κ2) is 9.36. The van der Waals surface area contributed by atoms with Crippen molar-refractivity contribution in [3.63, 3.8) is 0 Å². The number of nitrogens with one attached hydrogen (secondary N) is 2. The third-order valence-electron chi connectivity index (χ3n) is 2.79. The first kappa shape index (κ1) is 17.5. The number of carboxylic acid groups (broad SMARTS) is 1. The number of hydrogen-bond acceptors (Lipinski definition) is 3. The molecule has 6 nitrogen and oxygen atoms in total. The van der Waals surface area contributed by atoms with E-state index in [2.05, 4.69) is 26.6 Å². The minimum Gasteiger partial charge on any atom is -0.478 e. The summed E-state index contributed by atoms with van der Waals surface area (Å²) >= 11 is 3.23. The van der Waals surface area contributed by atoms with Gasteiger partial charge >= 0.3 is 12.0 Å². The number of para-hydroxylation sites is 1. The molecule has 0 aliphatic rings. The Morgan fingerprint density at radius 1 is 1.29 bits per heavy atom. The number of benzene rings is 1. The zero-order valence-corrected chi connectivity index (χ0v) is 13.4. The second-order valence-electron chi connectivity index (χ2n) is 4.40. The Morgan fingerprint density at radius 2 is 2.05 bits per heavy atom. The highest BCUT2D eigenvalue weighted by molar-refractivity contribution is 9.10. The Labute approximate surface area is 132 Å². The number of aromatic carboxylic acids is 1. The summed E-state index contributed by atoms with van der Waals surface area (Å²) in [5, 5.41) is 14.4. The van der Waals surface area contributed by atoms with Crippen molar-refractivity contribution in [3.8, 4) is 0 Å². The first-order valence-corrected chi connectivity index (χ1v) is 7.41. The molecule has 0 radical (unpaired) electrons. The van der Waals surface area contributed by atoms with Gasteiger partial charge in [-0.25, -0.2) is 9.59 Å². The van der Waals surface area contributed by atoms with Crippen LogP contribution in [0.15, 0.2) is 22.7 Å². The van der Waals surface area contributed by atoms with E-state index in [1.807, 2.05) is 0 Å². The fourth-order valence-electron chi connectivity index (χ4n) is 1.74. The number of amides is 2. The van der Waals surface area contributed by atoms with Crippen molar-refractivity contribution in [1.29, 1.82) is 0 Å². The van der Waals surface area contributed by atoms with Gasteiger partial charge in [-0.3, -0.25) is 0 Å². The Hall–Kier alpha value is -1.60. The summed E-state index contributed by atoms with van der Waals surface area (Å²) in [6, 6.07) is 4.29. The van der Waals surface area contributed by atoms with Gasteiger partial charge in [-0.2, -0.15) is 0 Å². The number of carbonyl (C=O) groups excluding carboxylic acids is 1. The summed E-state index contributed by atoms with van der Waals surface area (Å²) in [7, 11) is 1.66. The molecule has 1 rings (SSSR count). The van der Waals surface area contributed by atoms with E-state index in [-0.39, 0.29) is 11.3 Å². The van der Waals surface area contributed by atoms with E-state index in [1.54, 1.807) is 19.2 Å². The Kier molecular flexibility index (Phi) is 7.78. The first-order chi connectivity index (χ1) is 10.1. The molecule has 1 aromatic carbocycles. The summed E-state index contributed by atoms with van der Waals surface area (Å²) in [6.07, 6.45) is 2.76. The fraction of sp³-hybridized carbons (Fsp3) is 0.429. The van der Waals surface area contributed by atoms with Crippen LogP contribution < -0.4 is 10.6 Å². The lowest BCUT2D eigenvalue weighted by Gasteiger charge is -2.11.